The van der Waals surface area contributed by atoms with Crippen molar-refractivity contribution in [3.63, 3.8) is 0 Å². The summed E-state index contributed by atoms with van der Waals surface area (Å²) in [5.74, 6) is 0.681. The van der Waals surface area contributed by atoms with E-state index in [1.807, 2.05) is 25.1 Å². The molecule has 120 valence electrons. The summed E-state index contributed by atoms with van der Waals surface area (Å²) in [5.41, 5.74) is 1.77. The molecule has 0 saturated carbocycles. The van der Waals surface area contributed by atoms with Crippen molar-refractivity contribution in [2.75, 3.05) is 31.0 Å². The predicted octanol–water partition coefficient (Wildman–Crippen LogP) is 2.10. The quantitative estimate of drug-likeness (QED) is 0.644. The Morgan fingerprint density at radius 2 is 2.27 bits per heavy atom. The van der Waals surface area contributed by atoms with Gasteiger partial charge in [0.1, 0.15) is 5.75 Å². The third kappa shape index (κ3) is 3.71. The molecule has 1 aromatic carbocycles. The largest absolute Gasteiger partial charge is 0.495 e. The SMILES string of the molecule is COc1ccc(C)cc1N1CC(C(=O)NCCCCl)CC1=O. The van der Waals surface area contributed by atoms with Crippen molar-refractivity contribution in [3.05, 3.63) is 23.8 Å². The van der Waals surface area contributed by atoms with E-state index in [1.54, 1.807) is 12.0 Å². The Labute approximate surface area is 135 Å². The molecule has 1 aromatic rings. The lowest BCUT2D eigenvalue weighted by atomic mass is 10.1. The molecule has 0 bridgehead atoms. The zero-order valence-corrected chi connectivity index (χ0v) is 13.7. The van der Waals surface area contributed by atoms with Crippen molar-refractivity contribution in [1.29, 1.82) is 0 Å². The van der Waals surface area contributed by atoms with E-state index >= 15 is 0 Å². The number of ether oxygens (including phenoxy) is 1. The average Bonchev–Trinajstić information content (AvgIpc) is 2.89. The van der Waals surface area contributed by atoms with Crippen LogP contribution in [0.15, 0.2) is 18.2 Å². The molecule has 1 atom stereocenters. The van der Waals surface area contributed by atoms with Gasteiger partial charge in [-0.05, 0) is 31.0 Å². The monoisotopic (exact) mass is 324 g/mol. The first-order valence-corrected chi connectivity index (χ1v) is 7.89. The van der Waals surface area contributed by atoms with E-state index in [1.165, 1.54) is 0 Å². The first-order valence-electron chi connectivity index (χ1n) is 7.35. The number of rotatable bonds is 6. The number of alkyl halides is 1. The fraction of sp³-hybridized carbons (Fsp3) is 0.500. The lowest BCUT2D eigenvalue weighted by Crippen LogP contribution is -2.33. The molecule has 0 aliphatic carbocycles. The summed E-state index contributed by atoms with van der Waals surface area (Å²) in [7, 11) is 1.57. The minimum absolute atomic E-state index is 0.0543. The van der Waals surface area contributed by atoms with Crippen LogP contribution in [0.2, 0.25) is 0 Å². The number of anilines is 1. The van der Waals surface area contributed by atoms with Crippen molar-refractivity contribution >= 4 is 29.1 Å². The molecular weight excluding hydrogens is 304 g/mol. The second-order valence-corrected chi connectivity index (χ2v) is 5.79. The maximum absolute atomic E-state index is 12.3. The summed E-state index contributed by atoms with van der Waals surface area (Å²) in [5, 5.41) is 2.82. The molecule has 0 spiro atoms. The van der Waals surface area contributed by atoms with E-state index in [4.69, 9.17) is 16.3 Å². The average molecular weight is 325 g/mol. The number of benzene rings is 1. The fourth-order valence-corrected chi connectivity index (χ4v) is 2.68. The van der Waals surface area contributed by atoms with Crippen molar-refractivity contribution in [1.82, 2.24) is 5.32 Å². The van der Waals surface area contributed by atoms with Crippen LogP contribution in [-0.4, -0.2) is 37.9 Å². The number of carbonyl (C=O) groups excluding carboxylic acids is 2. The summed E-state index contributed by atoms with van der Waals surface area (Å²) in [6, 6.07) is 5.68. The Morgan fingerprint density at radius 3 is 2.95 bits per heavy atom. The van der Waals surface area contributed by atoms with Crippen LogP contribution >= 0.6 is 11.6 Å². The second kappa shape index (κ2) is 7.49. The van der Waals surface area contributed by atoms with Crippen molar-refractivity contribution in [2.24, 2.45) is 5.92 Å². The minimum atomic E-state index is -0.326. The fourth-order valence-electron chi connectivity index (χ4n) is 2.55. The molecule has 0 aromatic heterocycles. The molecule has 1 aliphatic rings. The topological polar surface area (TPSA) is 58.6 Å². The number of carbonyl (C=O) groups is 2. The molecule has 1 heterocycles. The van der Waals surface area contributed by atoms with Crippen molar-refractivity contribution in [3.8, 4) is 5.75 Å². The van der Waals surface area contributed by atoms with Gasteiger partial charge in [0.15, 0.2) is 0 Å². The number of hydrogen-bond donors (Lipinski definition) is 1. The number of nitrogens with zero attached hydrogens (tertiary/aromatic N) is 1. The van der Waals surface area contributed by atoms with Gasteiger partial charge < -0.3 is 15.0 Å². The number of halogens is 1. The molecule has 2 amide bonds. The Hall–Kier alpha value is -1.75. The van der Waals surface area contributed by atoms with Crippen molar-refractivity contribution in [2.45, 2.75) is 19.8 Å². The molecule has 22 heavy (non-hydrogen) atoms. The highest BCUT2D eigenvalue weighted by Crippen LogP contribution is 2.33. The van der Waals surface area contributed by atoms with Gasteiger partial charge in [-0.3, -0.25) is 9.59 Å². The predicted molar refractivity (Wildman–Crippen MR) is 86.5 cm³/mol. The molecule has 0 radical (unpaired) electrons. The Bertz CT molecular complexity index is 562. The molecule has 1 N–H and O–H groups in total. The van der Waals surface area contributed by atoms with Crippen LogP contribution in [0, 0.1) is 12.8 Å². The molecule has 1 fully saturated rings. The highest BCUT2D eigenvalue weighted by molar-refractivity contribution is 6.17. The molecule has 1 unspecified atom stereocenters. The van der Waals surface area contributed by atoms with Gasteiger partial charge in [-0.2, -0.15) is 0 Å². The van der Waals surface area contributed by atoms with Gasteiger partial charge in [0.05, 0.1) is 18.7 Å². The van der Waals surface area contributed by atoms with Crippen LogP contribution in [0.1, 0.15) is 18.4 Å². The van der Waals surface area contributed by atoms with E-state index in [9.17, 15) is 9.59 Å². The summed E-state index contributed by atoms with van der Waals surface area (Å²) in [4.78, 5) is 26.0. The van der Waals surface area contributed by atoms with E-state index in [-0.39, 0.29) is 24.2 Å². The highest BCUT2D eigenvalue weighted by atomic mass is 35.5. The van der Waals surface area contributed by atoms with E-state index < -0.39 is 0 Å². The third-order valence-electron chi connectivity index (χ3n) is 3.73. The second-order valence-electron chi connectivity index (χ2n) is 5.41. The molecule has 6 heteroatoms. The minimum Gasteiger partial charge on any atom is -0.495 e. The van der Waals surface area contributed by atoms with Gasteiger partial charge in [-0.25, -0.2) is 0 Å². The zero-order valence-electron chi connectivity index (χ0n) is 12.9. The molecule has 2 rings (SSSR count). The number of methoxy groups -OCH3 is 1. The normalized spacial score (nSPS) is 17.7. The summed E-state index contributed by atoms with van der Waals surface area (Å²) in [6.45, 7) is 2.88. The first-order chi connectivity index (χ1) is 10.6. The van der Waals surface area contributed by atoms with Crippen LogP contribution in [0.3, 0.4) is 0 Å². The van der Waals surface area contributed by atoms with Crippen LogP contribution in [-0.2, 0) is 9.59 Å². The summed E-state index contributed by atoms with van der Waals surface area (Å²) in [6.07, 6.45) is 0.952. The van der Waals surface area contributed by atoms with Gasteiger partial charge >= 0.3 is 0 Å². The Kier molecular flexibility index (Phi) is 5.66. The van der Waals surface area contributed by atoms with Gasteiger partial charge in [0, 0.05) is 25.4 Å². The molecule has 5 nitrogen and oxygen atoms in total. The van der Waals surface area contributed by atoms with Crippen LogP contribution in [0.5, 0.6) is 5.75 Å². The summed E-state index contributed by atoms with van der Waals surface area (Å²) < 4.78 is 5.33. The van der Waals surface area contributed by atoms with Crippen LogP contribution < -0.4 is 15.0 Å². The number of nitrogens with one attached hydrogen (secondary N) is 1. The number of amides is 2. The number of hydrogen-bond acceptors (Lipinski definition) is 3. The van der Waals surface area contributed by atoms with E-state index in [0.29, 0.717) is 24.7 Å². The van der Waals surface area contributed by atoms with Gasteiger partial charge in [-0.1, -0.05) is 6.07 Å². The highest BCUT2D eigenvalue weighted by Gasteiger charge is 2.36. The maximum Gasteiger partial charge on any atom is 0.227 e. The molecular formula is C16H21ClN2O3. The number of aryl methyl sites for hydroxylation is 1. The Morgan fingerprint density at radius 1 is 1.50 bits per heavy atom. The van der Waals surface area contributed by atoms with E-state index in [0.717, 1.165) is 17.7 Å². The van der Waals surface area contributed by atoms with Gasteiger partial charge in [0.2, 0.25) is 11.8 Å². The maximum atomic E-state index is 12.3. The smallest absolute Gasteiger partial charge is 0.227 e. The molecule has 1 aliphatic heterocycles. The van der Waals surface area contributed by atoms with Crippen molar-refractivity contribution < 1.29 is 14.3 Å². The van der Waals surface area contributed by atoms with Crippen LogP contribution in [0.25, 0.3) is 0 Å². The Balaban J connectivity index is 2.09. The first kappa shape index (κ1) is 16.6. The zero-order chi connectivity index (χ0) is 16.1. The summed E-state index contributed by atoms with van der Waals surface area (Å²) >= 11 is 5.59. The molecule has 1 saturated heterocycles. The van der Waals surface area contributed by atoms with E-state index in [2.05, 4.69) is 5.32 Å². The van der Waals surface area contributed by atoms with Crippen LogP contribution in [0.4, 0.5) is 5.69 Å². The lowest BCUT2D eigenvalue weighted by Gasteiger charge is -2.20. The lowest BCUT2D eigenvalue weighted by molar-refractivity contribution is -0.126. The third-order valence-corrected chi connectivity index (χ3v) is 4.00. The van der Waals surface area contributed by atoms with Gasteiger partial charge in [0.25, 0.3) is 0 Å². The van der Waals surface area contributed by atoms with Gasteiger partial charge in [-0.15, -0.1) is 11.6 Å². The standard InChI is InChI=1S/C16H21ClN2O3/c1-11-4-5-14(22-2)13(8-11)19-10-12(9-15(19)20)16(21)18-7-3-6-17/h4-5,8,12H,3,6-7,9-10H2,1-2H3,(H,18,21).